The van der Waals surface area contributed by atoms with Gasteiger partial charge in [-0.05, 0) is 36.1 Å². The van der Waals surface area contributed by atoms with E-state index in [9.17, 15) is 23.5 Å². The van der Waals surface area contributed by atoms with E-state index in [1.807, 2.05) is 13.8 Å². The molecule has 172 valence electrons. The summed E-state index contributed by atoms with van der Waals surface area (Å²) >= 11 is 5.84. The maximum atomic E-state index is 14.8. The number of carbonyl (C=O) groups excluding carboxylic acids is 2. The molecule has 0 unspecified atom stereocenters. The molecule has 0 amide bonds. The maximum absolute atomic E-state index is 14.8. The Morgan fingerprint density at radius 3 is 2.47 bits per heavy atom. The van der Waals surface area contributed by atoms with Crippen molar-refractivity contribution in [1.82, 2.24) is 5.32 Å². The highest BCUT2D eigenvalue weighted by atomic mass is 35.5. The number of aliphatic hydroxyl groups is 1. The molecule has 0 aliphatic heterocycles. The van der Waals surface area contributed by atoms with E-state index in [0.29, 0.717) is 5.56 Å². The minimum atomic E-state index is -0.878. The molecule has 2 aromatic rings. The summed E-state index contributed by atoms with van der Waals surface area (Å²) in [4.78, 5) is 25.2. The van der Waals surface area contributed by atoms with Gasteiger partial charge in [-0.2, -0.15) is 0 Å². The molecule has 2 N–H and O–H groups in total. The molecule has 0 aliphatic rings. The van der Waals surface area contributed by atoms with Crippen molar-refractivity contribution in [3.63, 3.8) is 0 Å². The SMILES string of the molecule is COc1cc(F)c(C(=O)C(=CN[C@H](CO)C(C)C)C(C)=O)cc1Cc1cccc(Cl)c1F. The van der Waals surface area contributed by atoms with Crippen molar-refractivity contribution in [3.05, 3.63) is 75.5 Å². The molecule has 0 aromatic heterocycles. The topological polar surface area (TPSA) is 75.6 Å². The minimum absolute atomic E-state index is 0.00652. The smallest absolute Gasteiger partial charge is 0.201 e. The summed E-state index contributed by atoms with van der Waals surface area (Å²) in [5, 5.41) is 12.2. The molecule has 0 saturated heterocycles. The number of allylic oxidation sites excluding steroid dienone is 1. The van der Waals surface area contributed by atoms with Gasteiger partial charge in [0.2, 0.25) is 5.78 Å². The molecule has 2 rings (SSSR count). The van der Waals surface area contributed by atoms with Crippen LogP contribution in [0.1, 0.15) is 42.3 Å². The number of hydrogen-bond acceptors (Lipinski definition) is 5. The predicted octanol–water partition coefficient (Wildman–Crippen LogP) is 4.48. The molecule has 0 heterocycles. The van der Waals surface area contributed by atoms with Gasteiger partial charge in [-0.3, -0.25) is 9.59 Å². The van der Waals surface area contributed by atoms with Gasteiger partial charge in [0.1, 0.15) is 17.4 Å². The zero-order chi connectivity index (χ0) is 24.0. The van der Waals surface area contributed by atoms with E-state index < -0.39 is 23.2 Å². The molecule has 2 aromatic carbocycles. The molecule has 32 heavy (non-hydrogen) atoms. The highest BCUT2D eigenvalue weighted by Crippen LogP contribution is 2.29. The van der Waals surface area contributed by atoms with Crippen LogP contribution in [-0.4, -0.2) is 36.4 Å². The van der Waals surface area contributed by atoms with Gasteiger partial charge in [-0.1, -0.05) is 37.6 Å². The number of rotatable bonds is 10. The number of benzene rings is 2. The quantitative estimate of drug-likeness (QED) is 0.234. The number of methoxy groups -OCH3 is 1. The van der Waals surface area contributed by atoms with E-state index in [2.05, 4.69) is 5.32 Å². The van der Waals surface area contributed by atoms with Gasteiger partial charge in [0.25, 0.3) is 0 Å². The number of ketones is 2. The Bertz CT molecular complexity index is 1040. The molecule has 8 heteroatoms. The first-order valence-electron chi connectivity index (χ1n) is 10.0. The maximum Gasteiger partial charge on any atom is 0.201 e. The first-order chi connectivity index (χ1) is 15.1. The summed E-state index contributed by atoms with van der Waals surface area (Å²) in [6.07, 6.45) is 1.19. The second kappa shape index (κ2) is 11.2. The summed E-state index contributed by atoms with van der Waals surface area (Å²) in [6.45, 7) is 4.71. The normalized spacial score (nSPS) is 12.6. The highest BCUT2D eigenvalue weighted by Gasteiger charge is 2.23. The largest absolute Gasteiger partial charge is 0.496 e. The van der Waals surface area contributed by atoms with Crippen LogP contribution in [0, 0.1) is 17.6 Å². The van der Waals surface area contributed by atoms with Crippen molar-refractivity contribution >= 4 is 23.2 Å². The molecule has 0 bridgehead atoms. The van der Waals surface area contributed by atoms with Crippen LogP contribution in [0.15, 0.2) is 42.1 Å². The van der Waals surface area contributed by atoms with Gasteiger partial charge >= 0.3 is 0 Å². The first kappa shape index (κ1) is 25.5. The Morgan fingerprint density at radius 1 is 1.22 bits per heavy atom. The van der Waals surface area contributed by atoms with Crippen molar-refractivity contribution in [1.29, 1.82) is 0 Å². The van der Waals surface area contributed by atoms with Crippen LogP contribution < -0.4 is 10.1 Å². The summed E-state index contributed by atoms with van der Waals surface area (Å²) in [5.74, 6) is -2.75. The second-order valence-corrected chi connectivity index (χ2v) is 8.08. The van der Waals surface area contributed by atoms with Gasteiger partial charge in [0.15, 0.2) is 5.78 Å². The fraction of sp³-hybridized carbons (Fsp3) is 0.333. The van der Waals surface area contributed by atoms with E-state index in [0.717, 1.165) is 6.07 Å². The summed E-state index contributed by atoms with van der Waals surface area (Å²) in [6, 6.07) is 6.40. The van der Waals surface area contributed by atoms with Crippen molar-refractivity contribution < 1.29 is 28.2 Å². The Hall–Kier alpha value is -2.77. The number of carbonyl (C=O) groups is 2. The fourth-order valence-electron chi connectivity index (χ4n) is 3.11. The lowest BCUT2D eigenvalue weighted by molar-refractivity contribution is -0.113. The third-order valence-corrected chi connectivity index (χ3v) is 5.39. The predicted molar refractivity (Wildman–Crippen MR) is 119 cm³/mol. The Balaban J connectivity index is 2.48. The lowest BCUT2D eigenvalue weighted by Crippen LogP contribution is -2.34. The Kier molecular flexibility index (Phi) is 8.92. The monoisotopic (exact) mass is 465 g/mol. The minimum Gasteiger partial charge on any atom is -0.496 e. The summed E-state index contributed by atoms with van der Waals surface area (Å²) in [7, 11) is 1.33. The molecular weight excluding hydrogens is 440 g/mol. The van der Waals surface area contributed by atoms with E-state index in [1.165, 1.54) is 38.4 Å². The Labute approximate surface area is 191 Å². The third-order valence-electron chi connectivity index (χ3n) is 5.09. The molecule has 0 spiro atoms. The van der Waals surface area contributed by atoms with Crippen molar-refractivity contribution in [3.8, 4) is 5.75 Å². The Morgan fingerprint density at radius 2 is 1.91 bits per heavy atom. The van der Waals surface area contributed by atoms with Crippen LogP contribution in [-0.2, 0) is 11.2 Å². The van der Waals surface area contributed by atoms with Gasteiger partial charge in [0.05, 0.1) is 35.9 Å². The van der Waals surface area contributed by atoms with Gasteiger partial charge in [-0.25, -0.2) is 8.78 Å². The van der Waals surface area contributed by atoms with Crippen molar-refractivity contribution in [2.24, 2.45) is 5.92 Å². The summed E-state index contributed by atoms with van der Waals surface area (Å²) < 4.78 is 34.3. The second-order valence-electron chi connectivity index (χ2n) is 7.68. The van der Waals surface area contributed by atoms with Gasteiger partial charge in [0, 0.05) is 18.7 Å². The molecule has 1 atom stereocenters. The number of aliphatic hydroxyl groups excluding tert-OH is 1. The molecule has 0 fully saturated rings. The van der Waals surface area contributed by atoms with Crippen molar-refractivity contribution in [2.45, 2.75) is 33.2 Å². The number of halogens is 3. The molecule has 0 aliphatic carbocycles. The van der Waals surface area contributed by atoms with E-state index in [-0.39, 0.29) is 52.5 Å². The highest BCUT2D eigenvalue weighted by molar-refractivity contribution is 6.30. The van der Waals surface area contributed by atoms with E-state index in [1.54, 1.807) is 6.07 Å². The lowest BCUT2D eigenvalue weighted by Gasteiger charge is -2.19. The van der Waals surface area contributed by atoms with E-state index >= 15 is 0 Å². The van der Waals surface area contributed by atoms with Crippen LogP contribution >= 0.6 is 11.6 Å². The first-order valence-corrected chi connectivity index (χ1v) is 10.4. The standard InChI is InChI=1S/C24H26ClF2NO4/c1-13(2)21(12-29)28-11-18(14(3)30)24(31)17-9-16(22(32-4)10-20(17)26)8-15-6-5-7-19(25)23(15)27/h5-7,9-11,13,21,28-29H,8,12H2,1-4H3/t21-/m1/s1. The number of Topliss-reactive ketones (excluding diaryl/α,β-unsaturated/α-hetero) is 2. The van der Waals surface area contributed by atoms with Crippen LogP contribution in [0.2, 0.25) is 5.02 Å². The van der Waals surface area contributed by atoms with E-state index in [4.69, 9.17) is 16.3 Å². The van der Waals surface area contributed by atoms with Gasteiger partial charge in [-0.15, -0.1) is 0 Å². The molecular formula is C24H26ClF2NO4. The zero-order valence-corrected chi connectivity index (χ0v) is 19.1. The number of hydrogen-bond donors (Lipinski definition) is 2. The average Bonchev–Trinajstić information content (AvgIpc) is 2.74. The fourth-order valence-corrected chi connectivity index (χ4v) is 3.30. The van der Waals surface area contributed by atoms with Gasteiger partial charge < -0.3 is 15.2 Å². The molecule has 5 nitrogen and oxygen atoms in total. The third kappa shape index (κ3) is 5.93. The number of nitrogens with one attached hydrogen (secondary N) is 1. The lowest BCUT2D eigenvalue weighted by atomic mass is 9.95. The average molecular weight is 466 g/mol. The van der Waals surface area contributed by atoms with Crippen LogP contribution in [0.4, 0.5) is 8.78 Å². The van der Waals surface area contributed by atoms with Crippen LogP contribution in [0.5, 0.6) is 5.75 Å². The molecule has 0 saturated carbocycles. The number of ether oxygens (including phenoxy) is 1. The van der Waals surface area contributed by atoms with Crippen LogP contribution in [0.25, 0.3) is 0 Å². The van der Waals surface area contributed by atoms with Crippen molar-refractivity contribution in [2.75, 3.05) is 13.7 Å². The molecule has 0 radical (unpaired) electrons. The zero-order valence-electron chi connectivity index (χ0n) is 18.3. The summed E-state index contributed by atoms with van der Waals surface area (Å²) in [5.41, 5.74) is -0.0261. The van der Waals surface area contributed by atoms with Crippen LogP contribution in [0.3, 0.4) is 0 Å².